The molecule has 1 aliphatic rings. The van der Waals surface area contributed by atoms with Crippen LogP contribution in [0.15, 0.2) is 24.3 Å². The van der Waals surface area contributed by atoms with Crippen molar-refractivity contribution in [1.82, 2.24) is 4.90 Å². The smallest absolute Gasteiger partial charge is 0.0558 e. The fourth-order valence-corrected chi connectivity index (χ4v) is 2.76. The molecule has 0 aliphatic carbocycles. The molecule has 1 aromatic rings. The predicted molar refractivity (Wildman–Crippen MR) is 84.0 cm³/mol. The molecule has 1 unspecified atom stereocenters. The molecule has 0 radical (unpaired) electrons. The molecule has 4 heteroatoms. The number of benzene rings is 1. The van der Waals surface area contributed by atoms with Crippen molar-refractivity contribution in [3.8, 4) is 0 Å². The molecule has 2 rings (SSSR count). The lowest BCUT2D eigenvalue weighted by Crippen LogP contribution is -2.32. The summed E-state index contributed by atoms with van der Waals surface area (Å²) in [5, 5.41) is 9.03. The molecule has 1 fully saturated rings. The summed E-state index contributed by atoms with van der Waals surface area (Å²) in [7, 11) is 0. The Kier molecular flexibility index (Phi) is 5.83. The van der Waals surface area contributed by atoms with Gasteiger partial charge in [0.15, 0.2) is 0 Å². The van der Waals surface area contributed by atoms with Gasteiger partial charge in [0.25, 0.3) is 0 Å². The molecule has 0 bridgehead atoms. The van der Waals surface area contributed by atoms with Crippen molar-refractivity contribution in [3.63, 3.8) is 0 Å². The Bertz CT molecular complexity index is 393. The first-order chi connectivity index (χ1) is 9.74. The minimum Gasteiger partial charge on any atom is -0.395 e. The van der Waals surface area contributed by atoms with E-state index in [1.165, 1.54) is 11.3 Å². The van der Waals surface area contributed by atoms with Crippen LogP contribution in [0.1, 0.15) is 31.4 Å². The second-order valence-corrected chi connectivity index (χ2v) is 5.51. The molecule has 20 heavy (non-hydrogen) atoms. The number of rotatable bonds is 5. The summed E-state index contributed by atoms with van der Waals surface area (Å²) in [5.74, 6) is 0. The molecular formula is C16H27N3O. The summed E-state index contributed by atoms with van der Waals surface area (Å²) in [6, 6.07) is 8.83. The molecule has 1 heterocycles. The first-order valence-corrected chi connectivity index (χ1v) is 7.68. The molecule has 3 N–H and O–H groups in total. The van der Waals surface area contributed by atoms with Crippen LogP contribution in [0.3, 0.4) is 0 Å². The lowest BCUT2D eigenvalue weighted by molar-refractivity contribution is 0.204. The van der Waals surface area contributed by atoms with Gasteiger partial charge < -0.3 is 15.7 Å². The van der Waals surface area contributed by atoms with Gasteiger partial charge in [-0.15, -0.1) is 0 Å². The minimum atomic E-state index is 0.147. The topological polar surface area (TPSA) is 52.7 Å². The van der Waals surface area contributed by atoms with Crippen molar-refractivity contribution in [1.29, 1.82) is 0 Å². The third-order valence-corrected chi connectivity index (χ3v) is 4.13. The zero-order valence-corrected chi connectivity index (χ0v) is 12.5. The van der Waals surface area contributed by atoms with Gasteiger partial charge in [0, 0.05) is 37.9 Å². The van der Waals surface area contributed by atoms with E-state index in [1.54, 1.807) is 0 Å². The first kappa shape index (κ1) is 15.3. The van der Waals surface area contributed by atoms with Crippen molar-refractivity contribution in [2.75, 3.05) is 44.2 Å². The lowest BCUT2D eigenvalue weighted by atomic mass is 10.1. The van der Waals surface area contributed by atoms with Crippen molar-refractivity contribution in [3.05, 3.63) is 29.8 Å². The predicted octanol–water partition coefficient (Wildman–Crippen LogP) is 1.60. The average Bonchev–Trinajstić information content (AvgIpc) is 2.73. The molecule has 0 spiro atoms. The SMILES string of the molecule is CCC(N)c1ccc(N2CCCN(CCO)CC2)cc1. The number of hydrogen-bond donors (Lipinski definition) is 2. The second kappa shape index (κ2) is 7.62. The standard InChI is InChI=1S/C16H27N3O/c1-2-16(17)14-4-6-15(7-5-14)19-9-3-8-18(10-11-19)12-13-20/h4-7,16,20H,2-3,8-13,17H2,1H3. The van der Waals surface area contributed by atoms with Crippen LogP contribution in [-0.2, 0) is 0 Å². The van der Waals surface area contributed by atoms with Crippen LogP contribution in [0.25, 0.3) is 0 Å². The van der Waals surface area contributed by atoms with E-state index < -0.39 is 0 Å². The van der Waals surface area contributed by atoms with Gasteiger partial charge in [-0.25, -0.2) is 0 Å². The molecule has 1 atom stereocenters. The summed E-state index contributed by atoms with van der Waals surface area (Å²) in [4.78, 5) is 4.76. The Morgan fingerprint density at radius 1 is 1.15 bits per heavy atom. The number of aliphatic hydroxyl groups excluding tert-OH is 1. The van der Waals surface area contributed by atoms with E-state index in [0.29, 0.717) is 0 Å². The zero-order valence-electron chi connectivity index (χ0n) is 12.5. The Balaban J connectivity index is 1.97. The van der Waals surface area contributed by atoms with E-state index in [2.05, 4.69) is 41.0 Å². The highest BCUT2D eigenvalue weighted by Gasteiger charge is 2.15. The Labute approximate surface area is 122 Å². The van der Waals surface area contributed by atoms with E-state index in [0.717, 1.165) is 45.6 Å². The minimum absolute atomic E-state index is 0.147. The van der Waals surface area contributed by atoms with Gasteiger partial charge in [-0.05, 0) is 37.1 Å². The van der Waals surface area contributed by atoms with Crippen LogP contribution in [0.5, 0.6) is 0 Å². The summed E-state index contributed by atoms with van der Waals surface area (Å²) < 4.78 is 0. The molecule has 1 saturated heterocycles. The van der Waals surface area contributed by atoms with Crippen LogP contribution >= 0.6 is 0 Å². The van der Waals surface area contributed by atoms with Crippen LogP contribution in [0.4, 0.5) is 5.69 Å². The molecular weight excluding hydrogens is 250 g/mol. The fraction of sp³-hybridized carbons (Fsp3) is 0.625. The maximum atomic E-state index is 9.03. The summed E-state index contributed by atoms with van der Waals surface area (Å²) in [5.41, 5.74) is 8.55. The summed E-state index contributed by atoms with van der Waals surface area (Å²) in [6.45, 7) is 7.37. The van der Waals surface area contributed by atoms with Crippen molar-refractivity contribution in [2.24, 2.45) is 5.73 Å². The Morgan fingerprint density at radius 2 is 1.90 bits per heavy atom. The fourth-order valence-electron chi connectivity index (χ4n) is 2.76. The molecule has 4 nitrogen and oxygen atoms in total. The molecule has 0 saturated carbocycles. The normalized spacial score (nSPS) is 18.9. The number of anilines is 1. The molecule has 0 amide bonds. The maximum absolute atomic E-state index is 9.03. The van der Waals surface area contributed by atoms with Gasteiger partial charge in [0.1, 0.15) is 0 Å². The van der Waals surface area contributed by atoms with Crippen LogP contribution in [0, 0.1) is 0 Å². The van der Waals surface area contributed by atoms with Crippen LogP contribution in [0.2, 0.25) is 0 Å². The highest BCUT2D eigenvalue weighted by Crippen LogP contribution is 2.21. The van der Waals surface area contributed by atoms with E-state index in [1.807, 2.05) is 0 Å². The first-order valence-electron chi connectivity index (χ1n) is 7.68. The van der Waals surface area contributed by atoms with Gasteiger partial charge in [-0.3, -0.25) is 4.90 Å². The number of β-amino-alcohol motifs (C(OH)–C–C–N with tert-alkyl or cyclic N) is 1. The third kappa shape index (κ3) is 3.95. The summed E-state index contributed by atoms with van der Waals surface area (Å²) >= 11 is 0. The van der Waals surface area contributed by atoms with Crippen molar-refractivity contribution >= 4 is 5.69 Å². The lowest BCUT2D eigenvalue weighted by Gasteiger charge is -2.24. The number of hydrogen-bond acceptors (Lipinski definition) is 4. The van der Waals surface area contributed by atoms with Gasteiger partial charge in [-0.1, -0.05) is 19.1 Å². The highest BCUT2D eigenvalue weighted by atomic mass is 16.3. The van der Waals surface area contributed by atoms with Gasteiger partial charge in [0.2, 0.25) is 0 Å². The molecule has 1 aliphatic heterocycles. The summed E-state index contributed by atoms with van der Waals surface area (Å²) in [6.07, 6.45) is 2.12. The van der Waals surface area contributed by atoms with E-state index in [9.17, 15) is 0 Å². The van der Waals surface area contributed by atoms with E-state index in [-0.39, 0.29) is 12.6 Å². The maximum Gasteiger partial charge on any atom is 0.0558 e. The monoisotopic (exact) mass is 277 g/mol. The van der Waals surface area contributed by atoms with Gasteiger partial charge in [-0.2, -0.15) is 0 Å². The third-order valence-electron chi connectivity index (χ3n) is 4.13. The van der Waals surface area contributed by atoms with Gasteiger partial charge >= 0.3 is 0 Å². The highest BCUT2D eigenvalue weighted by molar-refractivity contribution is 5.48. The van der Waals surface area contributed by atoms with Crippen molar-refractivity contribution in [2.45, 2.75) is 25.8 Å². The average molecular weight is 277 g/mol. The largest absolute Gasteiger partial charge is 0.395 e. The van der Waals surface area contributed by atoms with E-state index >= 15 is 0 Å². The van der Waals surface area contributed by atoms with Crippen LogP contribution in [-0.4, -0.2) is 49.3 Å². The number of aliphatic hydroxyl groups is 1. The number of nitrogens with two attached hydrogens (primary N) is 1. The zero-order chi connectivity index (χ0) is 14.4. The van der Waals surface area contributed by atoms with Crippen LogP contribution < -0.4 is 10.6 Å². The Hall–Kier alpha value is -1.10. The molecule has 0 aromatic heterocycles. The van der Waals surface area contributed by atoms with Gasteiger partial charge in [0.05, 0.1) is 6.61 Å². The van der Waals surface area contributed by atoms with E-state index in [4.69, 9.17) is 10.8 Å². The van der Waals surface area contributed by atoms with Crippen molar-refractivity contribution < 1.29 is 5.11 Å². The number of nitrogens with zero attached hydrogens (tertiary/aromatic N) is 2. The molecule has 1 aromatic carbocycles. The second-order valence-electron chi connectivity index (χ2n) is 5.51. The quantitative estimate of drug-likeness (QED) is 0.858. The molecule has 112 valence electrons. The Morgan fingerprint density at radius 3 is 2.55 bits per heavy atom.